The number of H-pyrrole nitrogens is 2. The van der Waals surface area contributed by atoms with E-state index in [-0.39, 0.29) is 0 Å². The number of aromatic nitrogens is 4. The highest BCUT2D eigenvalue weighted by Crippen LogP contribution is 2.39. The summed E-state index contributed by atoms with van der Waals surface area (Å²) in [6, 6.07) is 10.6. The number of benzene rings is 1. The van der Waals surface area contributed by atoms with Crippen LogP contribution in [0.2, 0.25) is 0 Å². The quantitative estimate of drug-likeness (QED) is 0.445. The van der Waals surface area contributed by atoms with Crippen molar-refractivity contribution in [2.75, 3.05) is 0 Å². The van der Waals surface area contributed by atoms with Crippen LogP contribution in [0.1, 0.15) is 24.0 Å². The van der Waals surface area contributed by atoms with Gasteiger partial charge in [0.15, 0.2) is 0 Å². The van der Waals surface area contributed by atoms with Gasteiger partial charge in [-0.15, -0.1) is 0 Å². The average molecular weight is 338 g/mol. The average Bonchev–Trinajstić information content (AvgIpc) is 3.34. The third-order valence-corrected chi connectivity index (χ3v) is 5.73. The second-order valence-corrected chi connectivity index (χ2v) is 7.13. The van der Waals surface area contributed by atoms with Crippen molar-refractivity contribution in [2.24, 2.45) is 0 Å². The molecule has 0 amide bonds. The lowest BCUT2D eigenvalue weighted by Gasteiger charge is -2.22. The summed E-state index contributed by atoms with van der Waals surface area (Å²) in [7, 11) is 0. The molecular formula is C22H18N4. The summed E-state index contributed by atoms with van der Waals surface area (Å²) in [4.78, 5) is 16.0. The van der Waals surface area contributed by atoms with Gasteiger partial charge in [0.05, 0.1) is 11.2 Å². The van der Waals surface area contributed by atoms with E-state index < -0.39 is 0 Å². The fraction of sp³-hybridized carbons (Fsp3) is 0.182. The molecule has 26 heavy (non-hydrogen) atoms. The molecule has 0 bridgehead atoms. The molecule has 4 heterocycles. The van der Waals surface area contributed by atoms with Crippen LogP contribution in [0.25, 0.3) is 44.1 Å². The molecule has 0 saturated heterocycles. The van der Waals surface area contributed by atoms with Gasteiger partial charge in [-0.1, -0.05) is 0 Å². The van der Waals surface area contributed by atoms with E-state index in [2.05, 4.69) is 50.4 Å². The summed E-state index contributed by atoms with van der Waals surface area (Å²) in [5.74, 6) is 0. The number of aryl methyl sites for hydroxylation is 1. The molecule has 1 aliphatic carbocycles. The number of hydrogen-bond acceptors (Lipinski definition) is 2. The Balaban J connectivity index is 1.75. The third-order valence-electron chi connectivity index (χ3n) is 5.73. The highest BCUT2D eigenvalue weighted by Gasteiger charge is 2.21. The van der Waals surface area contributed by atoms with Crippen molar-refractivity contribution in [3.63, 3.8) is 0 Å². The van der Waals surface area contributed by atoms with Crippen molar-refractivity contribution >= 4 is 32.8 Å². The lowest BCUT2D eigenvalue weighted by atomic mass is 9.85. The third kappa shape index (κ3) is 1.84. The van der Waals surface area contributed by atoms with Crippen LogP contribution in [-0.4, -0.2) is 19.9 Å². The fourth-order valence-corrected chi connectivity index (χ4v) is 4.57. The molecule has 6 rings (SSSR count). The Morgan fingerprint density at radius 2 is 1.77 bits per heavy atom. The largest absolute Gasteiger partial charge is 0.354 e. The first-order valence-electron chi connectivity index (χ1n) is 9.24. The van der Waals surface area contributed by atoms with Crippen molar-refractivity contribution in [3.8, 4) is 11.3 Å². The molecule has 4 heteroatoms. The molecule has 0 fully saturated rings. The first-order valence-corrected chi connectivity index (χ1v) is 9.24. The zero-order valence-corrected chi connectivity index (χ0v) is 14.3. The Bertz CT molecular complexity index is 1290. The van der Waals surface area contributed by atoms with Crippen LogP contribution in [0.15, 0.2) is 48.9 Å². The van der Waals surface area contributed by atoms with Gasteiger partial charge >= 0.3 is 0 Å². The van der Waals surface area contributed by atoms with Gasteiger partial charge in [-0.05, 0) is 67.1 Å². The minimum absolute atomic E-state index is 0.941. The van der Waals surface area contributed by atoms with E-state index in [0.717, 1.165) is 24.0 Å². The Morgan fingerprint density at radius 3 is 2.73 bits per heavy atom. The summed E-state index contributed by atoms with van der Waals surface area (Å²) in [5.41, 5.74) is 8.64. The molecule has 126 valence electrons. The van der Waals surface area contributed by atoms with Crippen LogP contribution in [0.5, 0.6) is 0 Å². The number of hydrogen-bond donors (Lipinski definition) is 2. The summed E-state index contributed by atoms with van der Waals surface area (Å²) >= 11 is 0. The van der Waals surface area contributed by atoms with Gasteiger partial charge in [0, 0.05) is 45.8 Å². The maximum absolute atomic E-state index is 4.50. The summed E-state index contributed by atoms with van der Waals surface area (Å²) in [5, 5.41) is 3.80. The van der Waals surface area contributed by atoms with Gasteiger partial charge in [0.2, 0.25) is 0 Å². The number of nitrogens with zero attached hydrogens (tertiary/aromatic N) is 2. The fourth-order valence-electron chi connectivity index (χ4n) is 4.57. The Labute approximate surface area is 150 Å². The molecular weight excluding hydrogens is 320 g/mol. The van der Waals surface area contributed by atoms with Crippen molar-refractivity contribution in [1.29, 1.82) is 0 Å². The Hall–Kier alpha value is -3.14. The zero-order chi connectivity index (χ0) is 17.1. The van der Waals surface area contributed by atoms with Crippen LogP contribution >= 0.6 is 0 Å². The normalized spacial score (nSPS) is 14.3. The maximum atomic E-state index is 4.50. The van der Waals surface area contributed by atoms with Crippen molar-refractivity contribution in [3.05, 3.63) is 60.0 Å². The summed E-state index contributed by atoms with van der Waals surface area (Å²) in [6.45, 7) is 0. The van der Waals surface area contributed by atoms with E-state index in [9.17, 15) is 0 Å². The Kier molecular flexibility index (Phi) is 2.80. The SMILES string of the molecule is c1cnc2[nH]cc(-c3[nH]c4ccc5nccc5c4c4c3CCCC4)c2c1. The molecule has 0 saturated carbocycles. The molecule has 0 atom stereocenters. The maximum Gasteiger partial charge on any atom is 0.137 e. The van der Waals surface area contributed by atoms with Crippen molar-refractivity contribution < 1.29 is 0 Å². The first-order chi connectivity index (χ1) is 12.9. The molecule has 4 nitrogen and oxygen atoms in total. The lowest BCUT2D eigenvalue weighted by molar-refractivity contribution is 0.689. The van der Waals surface area contributed by atoms with Crippen LogP contribution in [0, 0.1) is 0 Å². The molecule has 1 aromatic carbocycles. The van der Waals surface area contributed by atoms with Gasteiger partial charge in [0.1, 0.15) is 5.65 Å². The van der Waals surface area contributed by atoms with Gasteiger partial charge in [-0.25, -0.2) is 4.98 Å². The molecule has 0 unspecified atom stereocenters. The standard InChI is InChI=1S/C22H18N4/c1-2-5-14-13(4-1)20-16-9-11-23-18(16)7-8-19(20)26-21(14)17-12-25-22-15(17)6-3-10-24-22/h3,6-12,26H,1-2,4-5H2,(H,24,25). The van der Waals surface area contributed by atoms with Crippen LogP contribution < -0.4 is 0 Å². The molecule has 5 aromatic rings. The van der Waals surface area contributed by atoms with Gasteiger partial charge in [-0.2, -0.15) is 0 Å². The molecule has 2 N–H and O–H groups in total. The number of nitrogens with one attached hydrogen (secondary N) is 2. The van der Waals surface area contributed by atoms with E-state index in [1.54, 1.807) is 0 Å². The number of pyridine rings is 2. The highest BCUT2D eigenvalue weighted by molar-refractivity contribution is 6.09. The first kappa shape index (κ1) is 14.1. The molecule has 0 aliphatic heterocycles. The monoisotopic (exact) mass is 338 g/mol. The number of aromatic amines is 2. The van der Waals surface area contributed by atoms with Gasteiger partial charge in [-0.3, -0.25) is 4.98 Å². The van der Waals surface area contributed by atoms with Gasteiger partial charge in [0.25, 0.3) is 0 Å². The lowest BCUT2D eigenvalue weighted by Crippen LogP contribution is -2.07. The zero-order valence-electron chi connectivity index (χ0n) is 14.3. The second kappa shape index (κ2) is 5.18. The molecule has 1 aliphatic rings. The van der Waals surface area contributed by atoms with Gasteiger partial charge < -0.3 is 9.97 Å². The topological polar surface area (TPSA) is 57.4 Å². The van der Waals surface area contributed by atoms with Crippen LogP contribution in [0.3, 0.4) is 0 Å². The summed E-state index contributed by atoms with van der Waals surface area (Å²) in [6.07, 6.45) is 10.6. The molecule has 0 radical (unpaired) electrons. The molecule has 4 aromatic heterocycles. The predicted molar refractivity (Wildman–Crippen MR) is 105 cm³/mol. The van der Waals surface area contributed by atoms with Crippen molar-refractivity contribution in [1.82, 2.24) is 19.9 Å². The smallest absolute Gasteiger partial charge is 0.137 e. The Morgan fingerprint density at radius 1 is 0.846 bits per heavy atom. The minimum Gasteiger partial charge on any atom is -0.354 e. The highest BCUT2D eigenvalue weighted by atomic mass is 14.8. The minimum atomic E-state index is 0.941. The van der Waals surface area contributed by atoms with E-state index in [4.69, 9.17) is 0 Å². The van der Waals surface area contributed by atoms with Crippen molar-refractivity contribution in [2.45, 2.75) is 25.7 Å². The number of rotatable bonds is 1. The number of fused-ring (bicyclic) bond motifs is 6. The van der Waals surface area contributed by atoms with E-state index >= 15 is 0 Å². The van der Waals surface area contributed by atoms with E-state index in [1.165, 1.54) is 56.9 Å². The van der Waals surface area contributed by atoms with E-state index in [1.807, 2.05) is 18.5 Å². The predicted octanol–water partition coefficient (Wildman–Crippen LogP) is 5.14. The molecule has 0 spiro atoms. The van der Waals surface area contributed by atoms with Crippen LogP contribution in [0.4, 0.5) is 0 Å². The van der Waals surface area contributed by atoms with Crippen LogP contribution in [-0.2, 0) is 12.8 Å². The van der Waals surface area contributed by atoms with E-state index in [0.29, 0.717) is 0 Å². The summed E-state index contributed by atoms with van der Waals surface area (Å²) < 4.78 is 0. The second-order valence-electron chi connectivity index (χ2n) is 7.13.